The Morgan fingerprint density at radius 1 is 1.15 bits per heavy atom. The molecule has 1 unspecified atom stereocenters. The fourth-order valence-corrected chi connectivity index (χ4v) is 5.95. The minimum Gasteiger partial charge on any atom is -0.453 e. The van der Waals surface area contributed by atoms with E-state index < -0.39 is 0 Å². The molecule has 174 valence electrons. The SMILES string of the molecule is CCCCCC1CC(=O)C2=C(C1)Nc1n[nH]cc1[C@H]2c1ccc(Sc2nc3ccccc3[nH]2)o1. The largest absolute Gasteiger partial charge is 0.453 e. The minimum atomic E-state index is -0.251. The molecule has 6 rings (SSSR count). The van der Waals surface area contributed by atoms with Gasteiger partial charge in [-0.05, 0) is 54.8 Å². The predicted octanol–water partition coefficient (Wildman–Crippen LogP) is 6.40. The Hall–Kier alpha value is -3.26. The van der Waals surface area contributed by atoms with Crippen molar-refractivity contribution in [3.8, 4) is 0 Å². The summed E-state index contributed by atoms with van der Waals surface area (Å²) in [5, 5.41) is 12.3. The third-order valence-corrected chi connectivity index (χ3v) is 7.61. The molecular formula is C26H27N5O2S. The number of aromatic amines is 2. The summed E-state index contributed by atoms with van der Waals surface area (Å²) in [7, 11) is 0. The number of nitrogens with one attached hydrogen (secondary N) is 3. The van der Waals surface area contributed by atoms with Crippen molar-refractivity contribution >= 4 is 34.4 Å². The molecule has 2 atom stereocenters. The second kappa shape index (κ2) is 8.83. The van der Waals surface area contributed by atoms with Gasteiger partial charge in [-0.2, -0.15) is 5.10 Å². The fraction of sp³-hybridized carbons (Fsp3) is 0.346. The summed E-state index contributed by atoms with van der Waals surface area (Å²) in [5.74, 6) is 1.90. The van der Waals surface area contributed by atoms with Gasteiger partial charge >= 0.3 is 0 Å². The van der Waals surface area contributed by atoms with E-state index in [9.17, 15) is 4.79 Å². The number of imidazole rings is 1. The summed E-state index contributed by atoms with van der Waals surface area (Å²) in [6, 6.07) is 11.9. The highest BCUT2D eigenvalue weighted by Crippen LogP contribution is 2.47. The molecule has 3 N–H and O–H groups in total. The number of hydrogen-bond acceptors (Lipinski definition) is 6. The Bertz CT molecular complexity index is 1350. The molecule has 0 saturated carbocycles. The summed E-state index contributed by atoms with van der Waals surface area (Å²) in [6.45, 7) is 2.21. The molecule has 2 aliphatic rings. The summed E-state index contributed by atoms with van der Waals surface area (Å²) in [4.78, 5) is 21.4. The van der Waals surface area contributed by atoms with Gasteiger partial charge in [0.05, 0.1) is 17.0 Å². The first-order valence-electron chi connectivity index (χ1n) is 12.0. The summed E-state index contributed by atoms with van der Waals surface area (Å²) >= 11 is 1.45. The van der Waals surface area contributed by atoms with Crippen molar-refractivity contribution in [1.29, 1.82) is 0 Å². The highest BCUT2D eigenvalue weighted by molar-refractivity contribution is 7.99. The number of fused-ring (bicyclic) bond motifs is 2. The van der Waals surface area contributed by atoms with Crippen molar-refractivity contribution in [2.75, 3.05) is 5.32 Å². The van der Waals surface area contributed by atoms with Crippen LogP contribution in [-0.2, 0) is 4.79 Å². The first kappa shape index (κ1) is 21.3. The Morgan fingerprint density at radius 3 is 2.94 bits per heavy atom. The molecule has 0 radical (unpaired) electrons. The van der Waals surface area contributed by atoms with Crippen molar-refractivity contribution in [1.82, 2.24) is 20.2 Å². The maximum atomic E-state index is 13.4. The number of allylic oxidation sites excluding steroid dienone is 2. The molecule has 0 bridgehead atoms. The van der Waals surface area contributed by atoms with Crippen LogP contribution >= 0.6 is 11.8 Å². The van der Waals surface area contributed by atoms with Gasteiger partial charge in [0.15, 0.2) is 21.8 Å². The van der Waals surface area contributed by atoms with Gasteiger partial charge < -0.3 is 14.7 Å². The van der Waals surface area contributed by atoms with E-state index in [1.807, 2.05) is 42.6 Å². The van der Waals surface area contributed by atoms with Gasteiger partial charge in [0.25, 0.3) is 0 Å². The normalized spacial score (nSPS) is 19.9. The van der Waals surface area contributed by atoms with E-state index in [4.69, 9.17) is 4.42 Å². The first-order valence-corrected chi connectivity index (χ1v) is 12.8. The number of rotatable bonds is 7. The smallest absolute Gasteiger partial charge is 0.174 e. The number of unbranched alkanes of at least 4 members (excludes halogenated alkanes) is 2. The monoisotopic (exact) mass is 473 g/mol. The van der Waals surface area contributed by atoms with Crippen LogP contribution in [0.25, 0.3) is 11.0 Å². The van der Waals surface area contributed by atoms with Crippen LogP contribution in [0, 0.1) is 5.92 Å². The van der Waals surface area contributed by atoms with E-state index in [-0.39, 0.29) is 11.7 Å². The number of furan rings is 1. The van der Waals surface area contributed by atoms with Gasteiger partial charge in [0, 0.05) is 29.5 Å². The molecule has 3 aromatic heterocycles. The van der Waals surface area contributed by atoms with Crippen molar-refractivity contribution in [2.24, 2.45) is 5.92 Å². The van der Waals surface area contributed by atoms with Crippen molar-refractivity contribution in [3.63, 3.8) is 0 Å². The van der Waals surface area contributed by atoms with E-state index >= 15 is 0 Å². The molecule has 0 spiro atoms. The third kappa shape index (κ3) is 3.86. The van der Waals surface area contributed by atoms with Crippen LogP contribution < -0.4 is 5.32 Å². The van der Waals surface area contributed by atoms with Crippen molar-refractivity contribution < 1.29 is 9.21 Å². The van der Waals surface area contributed by atoms with E-state index in [2.05, 4.69) is 32.4 Å². The van der Waals surface area contributed by atoms with Crippen LogP contribution in [0.3, 0.4) is 0 Å². The van der Waals surface area contributed by atoms with Gasteiger partial charge in [-0.25, -0.2) is 4.98 Å². The van der Waals surface area contributed by atoms with Crippen LogP contribution in [0.2, 0.25) is 0 Å². The number of carbonyl (C=O) groups excluding carboxylic acids is 1. The van der Waals surface area contributed by atoms with Crippen molar-refractivity contribution in [2.45, 2.75) is 61.6 Å². The standard InChI is InChI=1S/C26H27N5O2S/c1-2-3-4-7-15-12-19-24(20(32)13-15)23(16-14-27-31-25(16)28-19)21-10-11-22(33-21)34-26-29-17-8-5-6-9-18(17)30-26/h5-6,8-11,14-15,23H,2-4,7,12-13H2,1H3,(H,29,30)(H2,27,28,31)/t15?,23-/m0/s1. The molecule has 0 amide bonds. The van der Waals surface area contributed by atoms with E-state index in [1.165, 1.54) is 31.0 Å². The van der Waals surface area contributed by atoms with Gasteiger partial charge in [0.2, 0.25) is 0 Å². The molecule has 34 heavy (non-hydrogen) atoms. The number of carbonyl (C=O) groups is 1. The number of ketones is 1. The topological polar surface area (TPSA) is 99.6 Å². The Kier molecular flexibility index (Phi) is 5.53. The number of benzene rings is 1. The zero-order valence-electron chi connectivity index (χ0n) is 19.1. The second-order valence-electron chi connectivity index (χ2n) is 9.15. The van der Waals surface area contributed by atoms with Gasteiger partial charge in [-0.1, -0.05) is 38.3 Å². The lowest BCUT2D eigenvalue weighted by Gasteiger charge is -2.33. The molecule has 1 aromatic carbocycles. The van der Waals surface area contributed by atoms with Gasteiger partial charge in [-0.3, -0.25) is 9.89 Å². The number of Topliss-reactive ketones (excluding diaryl/α,β-unsaturated/α-hetero) is 1. The van der Waals surface area contributed by atoms with Gasteiger partial charge in [0.1, 0.15) is 5.76 Å². The zero-order chi connectivity index (χ0) is 23.1. The highest BCUT2D eigenvalue weighted by atomic mass is 32.2. The van der Waals surface area contributed by atoms with Gasteiger partial charge in [-0.15, -0.1) is 0 Å². The predicted molar refractivity (Wildman–Crippen MR) is 132 cm³/mol. The third-order valence-electron chi connectivity index (χ3n) is 6.80. The lowest BCUT2D eigenvalue weighted by Crippen LogP contribution is -2.30. The van der Waals surface area contributed by atoms with Crippen molar-refractivity contribution in [3.05, 3.63) is 65.2 Å². The molecule has 4 aromatic rings. The molecule has 4 heterocycles. The molecular weight excluding hydrogens is 446 g/mol. The summed E-state index contributed by atoms with van der Waals surface area (Å²) in [5.41, 5.74) is 4.70. The lowest BCUT2D eigenvalue weighted by atomic mass is 9.75. The lowest BCUT2D eigenvalue weighted by molar-refractivity contribution is -0.117. The molecule has 0 saturated heterocycles. The number of H-pyrrole nitrogens is 2. The first-order chi connectivity index (χ1) is 16.7. The summed E-state index contributed by atoms with van der Waals surface area (Å²) < 4.78 is 6.30. The molecule has 1 aliphatic carbocycles. The van der Waals surface area contributed by atoms with Crippen LogP contribution in [0.5, 0.6) is 0 Å². The Labute approximate surface area is 201 Å². The minimum absolute atomic E-state index is 0.218. The quantitative estimate of drug-likeness (QED) is 0.269. The van der Waals surface area contributed by atoms with E-state index in [0.29, 0.717) is 12.3 Å². The molecule has 8 heteroatoms. The average Bonchev–Trinajstić information content (AvgIpc) is 3.57. The maximum Gasteiger partial charge on any atom is 0.174 e. The average molecular weight is 474 g/mol. The number of aromatic nitrogens is 4. The van der Waals surface area contributed by atoms with E-state index in [0.717, 1.165) is 62.5 Å². The Morgan fingerprint density at radius 2 is 2.06 bits per heavy atom. The molecule has 1 aliphatic heterocycles. The number of para-hydroxylation sites is 2. The number of hydrogen-bond donors (Lipinski definition) is 3. The fourth-order valence-electron chi connectivity index (χ4n) is 5.18. The number of nitrogens with zero attached hydrogens (tertiary/aromatic N) is 2. The second-order valence-corrected chi connectivity index (χ2v) is 10.1. The van der Waals surface area contributed by atoms with Crippen LogP contribution in [0.4, 0.5) is 5.82 Å². The van der Waals surface area contributed by atoms with Crippen LogP contribution in [-0.4, -0.2) is 25.9 Å². The molecule has 7 nitrogen and oxygen atoms in total. The van der Waals surface area contributed by atoms with Crippen LogP contribution in [0.15, 0.2) is 68.5 Å². The molecule has 0 fully saturated rings. The number of anilines is 1. The van der Waals surface area contributed by atoms with Crippen LogP contribution in [0.1, 0.15) is 62.7 Å². The maximum absolute atomic E-state index is 13.4. The summed E-state index contributed by atoms with van der Waals surface area (Å²) in [6.07, 6.45) is 8.03. The van der Waals surface area contributed by atoms with E-state index in [1.54, 1.807) is 0 Å². The zero-order valence-corrected chi connectivity index (χ0v) is 19.9. The Balaban J connectivity index is 1.29. The highest BCUT2D eigenvalue weighted by Gasteiger charge is 2.40.